The van der Waals surface area contributed by atoms with Gasteiger partial charge in [0.1, 0.15) is 0 Å². The van der Waals surface area contributed by atoms with Gasteiger partial charge < -0.3 is 21.1 Å². The number of rotatable bonds is 7. The molecule has 0 aliphatic heterocycles. The first-order valence-electron chi connectivity index (χ1n) is 17.4. The van der Waals surface area contributed by atoms with E-state index in [4.69, 9.17) is 4.98 Å². The molecule has 54 heavy (non-hydrogen) atoms. The molecule has 0 atom stereocenters. The molecule has 0 bridgehead atoms. The molecule has 0 saturated heterocycles. The molecular weight excluding hydrogens is 683 g/mol. The number of aryl methyl sites for hydroxylation is 4. The maximum absolute atomic E-state index is 12.9. The summed E-state index contributed by atoms with van der Waals surface area (Å²) in [7, 11) is 3.59. The third-order valence-electron chi connectivity index (χ3n) is 9.27. The maximum atomic E-state index is 12.9. The van der Waals surface area contributed by atoms with Crippen molar-refractivity contribution in [3.63, 3.8) is 0 Å². The normalized spacial score (nSPS) is 12.2. The van der Waals surface area contributed by atoms with Crippen LogP contribution in [0.4, 0.5) is 29.0 Å². The number of amides is 1. The van der Waals surface area contributed by atoms with Crippen molar-refractivity contribution in [3.8, 4) is 22.8 Å². The fraction of sp³-hybridized carbons (Fsp3) is 0.150. The van der Waals surface area contributed by atoms with Gasteiger partial charge in [0.15, 0.2) is 11.4 Å². The van der Waals surface area contributed by atoms with Crippen LogP contribution in [0.5, 0.6) is 0 Å². The van der Waals surface area contributed by atoms with Crippen molar-refractivity contribution in [2.24, 2.45) is 14.1 Å². The number of fused-ring (bicyclic) bond motifs is 6. The molecule has 3 aromatic carbocycles. The summed E-state index contributed by atoms with van der Waals surface area (Å²) >= 11 is 0. The van der Waals surface area contributed by atoms with Crippen molar-refractivity contribution < 1.29 is 14.7 Å². The molecule has 4 heterocycles. The Morgan fingerprint density at radius 1 is 0.593 bits per heavy atom. The van der Waals surface area contributed by atoms with Crippen LogP contribution in [0.25, 0.3) is 22.8 Å². The van der Waals surface area contributed by atoms with Gasteiger partial charge in [0.25, 0.3) is 5.91 Å². The van der Waals surface area contributed by atoms with Gasteiger partial charge in [0.05, 0.1) is 22.8 Å². The Hall–Kier alpha value is -7.22. The van der Waals surface area contributed by atoms with E-state index >= 15 is 0 Å². The van der Waals surface area contributed by atoms with E-state index in [2.05, 4.69) is 41.1 Å². The van der Waals surface area contributed by atoms with E-state index in [0.29, 0.717) is 30.4 Å². The number of aromatic nitrogens is 8. The van der Waals surface area contributed by atoms with Crippen molar-refractivity contribution in [2.45, 2.75) is 25.7 Å². The molecule has 0 saturated carbocycles. The average Bonchev–Trinajstić information content (AvgIpc) is 3.73. The molecule has 7 aromatic rings. The number of nitrogens with one attached hydrogen (secondary N) is 3. The summed E-state index contributed by atoms with van der Waals surface area (Å²) < 4.78 is 3.34. The standard InChI is InChI=1S/C23H20N6O.C17H15N5O2/c1-29-21-18(20(28-29)22(30)25-16-8-4-2-5-9-16)13-12-15-14-24-23(27-19(15)21)26-17-10-6-3-7-11-17;1-22-15-12(14(21-22)16(23)24)8-7-10-9-18-17(20-13(10)15)19-11-5-3-2-4-6-11/h2-11,14H,12-13H2,1H3,(H,25,30)(H,24,26,27);2-6,9H,7-8H2,1H3,(H,23,24)(H,18,19,20). The number of anilines is 5. The second-order valence-corrected chi connectivity index (χ2v) is 12.8. The van der Waals surface area contributed by atoms with Crippen molar-refractivity contribution in [3.05, 3.63) is 137 Å². The molecule has 0 fully saturated rings. The molecule has 0 radical (unpaired) electrons. The first-order chi connectivity index (χ1) is 26.3. The third-order valence-corrected chi connectivity index (χ3v) is 9.27. The Kier molecular flexibility index (Phi) is 9.05. The second kappa shape index (κ2) is 14.4. The van der Waals surface area contributed by atoms with Gasteiger partial charge in [-0.2, -0.15) is 10.2 Å². The monoisotopic (exact) mass is 717 g/mol. The van der Waals surface area contributed by atoms with E-state index in [1.165, 1.54) is 0 Å². The zero-order valence-electron chi connectivity index (χ0n) is 29.5. The fourth-order valence-electron chi connectivity index (χ4n) is 6.80. The van der Waals surface area contributed by atoms with Crippen LogP contribution in [0.2, 0.25) is 0 Å². The van der Waals surface area contributed by atoms with Crippen LogP contribution in [0.15, 0.2) is 103 Å². The molecule has 14 heteroatoms. The van der Waals surface area contributed by atoms with E-state index in [1.807, 2.05) is 104 Å². The molecule has 1 amide bonds. The minimum atomic E-state index is -1.01. The third kappa shape index (κ3) is 6.75. The van der Waals surface area contributed by atoms with Gasteiger partial charge in [-0.25, -0.2) is 24.7 Å². The van der Waals surface area contributed by atoms with Crippen LogP contribution in [-0.4, -0.2) is 56.5 Å². The molecule has 4 aromatic heterocycles. The van der Waals surface area contributed by atoms with Crippen LogP contribution >= 0.6 is 0 Å². The lowest BCUT2D eigenvalue weighted by Crippen LogP contribution is -2.16. The van der Waals surface area contributed by atoms with E-state index in [0.717, 1.165) is 74.9 Å². The summed E-state index contributed by atoms with van der Waals surface area (Å²) in [5.74, 6) is -0.222. The second-order valence-electron chi connectivity index (χ2n) is 12.8. The highest BCUT2D eigenvalue weighted by Gasteiger charge is 2.30. The minimum absolute atomic E-state index is 0.106. The Labute approximate surface area is 310 Å². The van der Waals surface area contributed by atoms with Gasteiger partial charge in [-0.15, -0.1) is 0 Å². The number of benzene rings is 3. The predicted molar refractivity (Wildman–Crippen MR) is 204 cm³/mol. The van der Waals surface area contributed by atoms with Gasteiger partial charge >= 0.3 is 5.97 Å². The Morgan fingerprint density at radius 3 is 1.48 bits per heavy atom. The molecule has 2 aliphatic rings. The Balaban J connectivity index is 0.000000157. The fourth-order valence-corrected chi connectivity index (χ4v) is 6.80. The summed E-state index contributed by atoms with van der Waals surface area (Å²) in [4.78, 5) is 42.5. The van der Waals surface area contributed by atoms with E-state index in [1.54, 1.807) is 22.6 Å². The maximum Gasteiger partial charge on any atom is 0.356 e. The summed E-state index contributed by atoms with van der Waals surface area (Å²) in [6.45, 7) is 0. The van der Waals surface area contributed by atoms with Crippen LogP contribution in [-0.2, 0) is 39.8 Å². The number of aromatic carboxylic acids is 1. The highest BCUT2D eigenvalue weighted by Crippen LogP contribution is 2.36. The number of carbonyl (C=O) groups is 2. The highest BCUT2D eigenvalue weighted by molar-refractivity contribution is 6.05. The Morgan fingerprint density at radius 2 is 1.02 bits per heavy atom. The number of hydrogen-bond acceptors (Lipinski definition) is 10. The molecule has 0 spiro atoms. The molecule has 14 nitrogen and oxygen atoms in total. The van der Waals surface area contributed by atoms with E-state index < -0.39 is 5.97 Å². The van der Waals surface area contributed by atoms with Crippen LogP contribution in [0.3, 0.4) is 0 Å². The topological polar surface area (TPSA) is 178 Å². The lowest BCUT2D eigenvalue weighted by atomic mass is 9.93. The number of carbonyl (C=O) groups excluding carboxylic acids is 1. The lowest BCUT2D eigenvalue weighted by molar-refractivity contribution is 0.0688. The lowest BCUT2D eigenvalue weighted by Gasteiger charge is -2.17. The molecule has 268 valence electrons. The van der Waals surface area contributed by atoms with Crippen molar-refractivity contribution in [1.29, 1.82) is 0 Å². The summed E-state index contributed by atoms with van der Waals surface area (Å²) in [5.41, 5.74) is 10.0. The quantitative estimate of drug-likeness (QED) is 0.144. The van der Waals surface area contributed by atoms with Crippen molar-refractivity contribution in [2.75, 3.05) is 16.0 Å². The SMILES string of the molecule is Cn1nc(C(=O)Nc2ccccc2)c2c1-c1nc(Nc3ccccc3)ncc1CC2.Cn1nc(C(=O)O)c2c1-c1nc(Nc3ccccc3)ncc1CC2. The molecular formula is C40H35N11O3. The number of carboxylic acids is 1. The van der Waals surface area contributed by atoms with Gasteiger partial charge in [-0.05, 0) is 73.2 Å². The highest BCUT2D eigenvalue weighted by atomic mass is 16.4. The first kappa shape index (κ1) is 33.9. The van der Waals surface area contributed by atoms with Crippen molar-refractivity contribution >= 4 is 40.8 Å². The largest absolute Gasteiger partial charge is 0.476 e. The van der Waals surface area contributed by atoms with E-state index in [9.17, 15) is 14.7 Å². The number of hydrogen-bond donors (Lipinski definition) is 4. The summed E-state index contributed by atoms with van der Waals surface area (Å²) in [5, 5.41) is 27.3. The predicted octanol–water partition coefficient (Wildman–Crippen LogP) is 6.39. The smallest absolute Gasteiger partial charge is 0.356 e. The van der Waals surface area contributed by atoms with Gasteiger partial charge in [-0.1, -0.05) is 54.6 Å². The van der Waals surface area contributed by atoms with Gasteiger partial charge in [0.2, 0.25) is 11.9 Å². The number of carboxylic acid groups (broad SMARTS) is 1. The van der Waals surface area contributed by atoms with E-state index in [-0.39, 0.29) is 11.6 Å². The zero-order valence-corrected chi connectivity index (χ0v) is 29.5. The van der Waals surface area contributed by atoms with Crippen LogP contribution in [0, 0.1) is 0 Å². The average molecular weight is 718 g/mol. The van der Waals surface area contributed by atoms with Crippen LogP contribution in [0.1, 0.15) is 43.2 Å². The Bertz CT molecular complexity index is 2500. The molecule has 0 unspecified atom stereocenters. The molecule has 4 N–H and O–H groups in total. The van der Waals surface area contributed by atoms with Crippen LogP contribution < -0.4 is 16.0 Å². The minimum Gasteiger partial charge on any atom is -0.476 e. The molecule has 9 rings (SSSR count). The van der Waals surface area contributed by atoms with Gasteiger partial charge in [-0.3, -0.25) is 14.2 Å². The summed E-state index contributed by atoms with van der Waals surface area (Å²) in [6, 6.07) is 28.9. The molecule has 2 aliphatic carbocycles. The number of nitrogens with zero attached hydrogens (tertiary/aromatic N) is 8. The van der Waals surface area contributed by atoms with Crippen molar-refractivity contribution in [1.82, 2.24) is 39.5 Å². The van der Waals surface area contributed by atoms with Gasteiger partial charge in [0, 0.05) is 54.7 Å². The zero-order chi connectivity index (χ0) is 37.2. The number of para-hydroxylation sites is 3. The first-order valence-corrected chi connectivity index (χ1v) is 17.4. The summed E-state index contributed by atoms with van der Waals surface area (Å²) in [6.07, 6.45) is 6.48.